The Kier molecular flexibility index (Phi) is 8.76. The van der Waals surface area contributed by atoms with Gasteiger partial charge in [0.05, 0.1) is 0 Å². The van der Waals surface area contributed by atoms with Crippen LogP contribution in [0, 0.1) is 23.8 Å². The molecule has 75 valence electrons. The van der Waals surface area contributed by atoms with Crippen molar-refractivity contribution in [2.75, 3.05) is 0 Å². The van der Waals surface area contributed by atoms with Crippen molar-refractivity contribution in [3.63, 3.8) is 0 Å². The van der Waals surface area contributed by atoms with E-state index in [9.17, 15) is 0 Å². The first-order valence-corrected chi connectivity index (χ1v) is 4.58. The Bertz CT molecular complexity index is 133. The summed E-state index contributed by atoms with van der Waals surface area (Å²) in [4.78, 5) is 0. The van der Waals surface area contributed by atoms with Crippen molar-refractivity contribution < 1.29 is 4.28 Å². The minimum absolute atomic E-state index is 0. The molecule has 0 atom stereocenters. The summed E-state index contributed by atoms with van der Waals surface area (Å²) in [7, 11) is 0. The van der Waals surface area contributed by atoms with Crippen LogP contribution >= 0.6 is 0 Å². The van der Waals surface area contributed by atoms with Gasteiger partial charge in [0.2, 0.25) is 0 Å². The van der Waals surface area contributed by atoms with Crippen molar-refractivity contribution in [1.29, 1.82) is 0 Å². The predicted molar refractivity (Wildman–Crippen MR) is 63.4 cm³/mol. The first-order chi connectivity index (χ1) is 4.95. The van der Waals surface area contributed by atoms with Crippen LogP contribution in [0.2, 0.25) is 0 Å². The van der Waals surface area contributed by atoms with Crippen LogP contribution in [0.1, 0.15) is 45.8 Å². The third kappa shape index (κ3) is 6.10. The molecule has 12 heavy (non-hydrogen) atoms. The summed E-state index contributed by atoms with van der Waals surface area (Å²) in [5.41, 5.74) is 1.47. The van der Waals surface area contributed by atoms with E-state index in [0.29, 0.717) is 17.8 Å². The first-order valence-electron chi connectivity index (χ1n) is 4.58. The summed E-state index contributed by atoms with van der Waals surface area (Å²) in [6.45, 7) is 13.3. The monoisotopic (exact) mass is 279 g/mol. The molecule has 0 fully saturated rings. The van der Waals surface area contributed by atoms with Crippen LogP contribution in [0.15, 0.2) is 5.57 Å². The molecule has 0 aliphatic rings. The fraction of sp³-hybridized carbons (Fsp3) is 0.818. The Labute approximate surface area is 99.2 Å². The Balaban J connectivity index is -0.0000000833. The molecule has 0 bridgehead atoms. The van der Waals surface area contributed by atoms with Gasteiger partial charge in [-0.25, -0.2) is 0 Å². The van der Waals surface area contributed by atoms with Crippen LogP contribution in [0.3, 0.4) is 0 Å². The van der Waals surface area contributed by atoms with E-state index in [4.69, 9.17) is 0 Å². The van der Waals surface area contributed by atoms with E-state index >= 15 is 0 Å². The summed E-state index contributed by atoms with van der Waals surface area (Å²) >= 11 is 0. The van der Waals surface area contributed by atoms with Gasteiger partial charge < -0.3 is 0 Å². The second-order valence-corrected chi connectivity index (χ2v) is 4.06. The average molecular weight is 278 g/mol. The van der Waals surface area contributed by atoms with E-state index in [1.54, 1.807) is 0 Å². The predicted octanol–water partition coefficient (Wildman–Crippen LogP) is 4.04. The van der Waals surface area contributed by atoms with Gasteiger partial charge in [0.25, 0.3) is 0 Å². The molecule has 0 heterocycles. The molecule has 0 amide bonds. The van der Waals surface area contributed by atoms with Crippen LogP contribution in [0.4, 0.5) is 0 Å². The van der Waals surface area contributed by atoms with Gasteiger partial charge in [0.1, 0.15) is 0 Å². The molecule has 0 aliphatic heterocycles. The average Bonchev–Trinajstić information content (AvgIpc) is 1.81. The third-order valence-electron chi connectivity index (χ3n) is 1.70. The van der Waals surface area contributed by atoms with Gasteiger partial charge in [-0.15, -0.1) is 0 Å². The summed E-state index contributed by atoms with van der Waals surface area (Å²) in [6, 6.07) is 0. The van der Waals surface area contributed by atoms with Gasteiger partial charge in [0, 0.05) is 28.2 Å². The van der Waals surface area contributed by atoms with E-state index in [1.165, 1.54) is 5.57 Å². The molecule has 0 unspecified atom stereocenters. The van der Waals surface area contributed by atoms with Gasteiger partial charge in [-0.05, 0) is 23.8 Å². The molecular formula is C11H27Sn. The molecule has 0 rings (SSSR count). The number of allylic oxidation sites excluding steroid dienone is 2. The Hall–Kier alpha value is 0.539. The number of rotatable bonds is 3. The van der Waals surface area contributed by atoms with E-state index in [2.05, 4.69) is 47.6 Å². The normalized spacial score (nSPS) is 10.4. The van der Waals surface area contributed by atoms with Crippen LogP contribution in [0.25, 0.3) is 0 Å². The van der Waals surface area contributed by atoms with Crippen molar-refractivity contribution in [2.45, 2.75) is 41.5 Å². The summed E-state index contributed by atoms with van der Waals surface area (Å²) in [6.07, 6.45) is 3.50. The van der Waals surface area contributed by atoms with Crippen LogP contribution in [0.5, 0.6) is 0 Å². The summed E-state index contributed by atoms with van der Waals surface area (Å²) < 4.78 is 0. The molecule has 0 spiro atoms. The van der Waals surface area contributed by atoms with E-state index in [1.807, 2.05) is 0 Å². The topological polar surface area (TPSA) is 0 Å². The first kappa shape index (κ1) is 15.0. The number of hydrogen-bond acceptors (Lipinski definition) is 0. The van der Waals surface area contributed by atoms with E-state index in [0.717, 1.165) is 0 Å². The van der Waals surface area contributed by atoms with Crippen molar-refractivity contribution in [3.05, 3.63) is 11.6 Å². The molecule has 0 nitrogen and oxygen atoms in total. The zero-order valence-corrected chi connectivity index (χ0v) is 12.1. The van der Waals surface area contributed by atoms with Crippen molar-refractivity contribution in [2.24, 2.45) is 17.8 Å². The van der Waals surface area contributed by atoms with Gasteiger partial charge in [-0.3, -0.25) is 0 Å². The fourth-order valence-corrected chi connectivity index (χ4v) is 1.33. The zero-order valence-electron chi connectivity index (χ0n) is 9.23. The minimum atomic E-state index is 0. The van der Waals surface area contributed by atoms with Gasteiger partial charge in [-0.2, -0.15) is 0 Å². The van der Waals surface area contributed by atoms with E-state index < -0.39 is 0 Å². The van der Waals surface area contributed by atoms with Crippen molar-refractivity contribution in [1.82, 2.24) is 0 Å². The maximum absolute atomic E-state index is 3.50. The molecule has 0 aromatic rings. The third-order valence-corrected chi connectivity index (χ3v) is 1.70. The Morgan fingerprint density at radius 3 is 1.33 bits per heavy atom. The molecule has 0 aromatic carbocycles. The van der Waals surface area contributed by atoms with Crippen molar-refractivity contribution >= 4 is 23.9 Å². The van der Waals surface area contributed by atoms with Gasteiger partial charge >= 0.3 is 0 Å². The maximum Gasteiger partial charge on any atom is 0 e. The molecule has 5 radical (unpaired) electrons. The second-order valence-electron chi connectivity index (χ2n) is 4.06. The molecular weight excluding hydrogens is 251 g/mol. The van der Waals surface area contributed by atoms with Gasteiger partial charge in [0.15, 0.2) is 0 Å². The van der Waals surface area contributed by atoms with Crippen LogP contribution < -0.4 is 0 Å². The molecule has 0 N–H and O–H groups in total. The van der Waals surface area contributed by atoms with Crippen LogP contribution in [-0.4, -0.2) is 23.9 Å². The second kappa shape index (κ2) is 6.99. The van der Waals surface area contributed by atoms with Crippen LogP contribution in [-0.2, 0) is 0 Å². The number of hydrogen-bond donors (Lipinski definition) is 0. The standard InChI is InChI=1S/C11H21.Sn.3H2/c1-8(2)7-11(9(3)4)10(5)6;;;;/h8-10H,1-6H3;;3*1H. The summed E-state index contributed by atoms with van der Waals surface area (Å²) in [5, 5.41) is 0. The smallest absolute Gasteiger partial charge is 0 e. The Morgan fingerprint density at radius 2 is 1.25 bits per heavy atom. The van der Waals surface area contributed by atoms with Crippen molar-refractivity contribution in [3.8, 4) is 0 Å². The van der Waals surface area contributed by atoms with Gasteiger partial charge in [-0.1, -0.05) is 47.1 Å². The zero-order chi connectivity index (χ0) is 9.02. The minimum Gasteiger partial charge on any atom is -0.0614 e. The largest absolute Gasteiger partial charge is 0.0614 e. The summed E-state index contributed by atoms with van der Waals surface area (Å²) in [5.74, 6) is 1.87. The Morgan fingerprint density at radius 1 is 0.917 bits per heavy atom. The molecule has 1 heteroatoms. The maximum atomic E-state index is 3.50. The SMILES string of the molecule is CC(C)[C]=C(C(C)C)C(C)C.[HH].[HH].[HH].[Sn]. The molecule has 0 aromatic heterocycles. The fourth-order valence-electron chi connectivity index (χ4n) is 1.33. The van der Waals surface area contributed by atoms with E-state index in [-0.39, 0.29) is 28.2 Å². The quantitative estimate of drug-likeness (QED) is 0.683. The molecule has 0 aliphatic carbocycles. The molecule has 0 saturated heterocycles. The molecule has 0 saturated carbocycles.